The maximum absolute atomic E-state index is 13.9. The minimum atomic E-state index is -0.433. The summed E-state index contributed by atoms with van der Waals surface area (Å²) in [5.41, 5.74) is 2.94. The number of thioether (sulfide) groups is 1. The van der Waals surface area contributed by atoms with Crippen molar-refractivity contribution in [2.45, 2.75) is 57.5 Å². The fraction of sp³-hybridized carbons (Fsp3) is 0.458. The maximum atomic E-state index is 13.9. The molecule has 1 atom stereocenters. The number of hydrogen-bond acceptors (Lipinski definition) is 6. The number of nitrogens with zero attached hydrogens (tertiary/aromatic N) is 4. The van der Waals surface area contributed by atoms with Crippen LogP contribution in [0.3, 0.4) is 0 Å². The first kappa shape index (κ1) is 23.5. The number of methoxy groups -OCH3 is 1. The van der Waals surface area contributed by atoms with E-state index in [1.54, 1.807) is 25.3 Å². The molecule has 176 valence electrons. The third kappa shape index (κ3) is 5.14. The number of aryl methyl sites for hydroxylation is 1. The zero-order valence-electron chi connectivity index (χ0n) is 19.4. The average Bonchev–Trinajstić information content (AvgIpc) is 3.46. The molecule has 1 fully saturated rings. The van der Waals surface area contributed by atoms with E-state index in [4.69, 9.17) is 9.47 Å². The van der Waals surface area contributed by atoms with Crippen LogP contribution in [0.5, 0.6) is 5.75 Å². The Hall–Kier alpha value is -2.65. The largest absolute Gasteiger partial charge is 0.483 e. The van der Waals surface area contributed by atoms with Crippen LogP contribution in [0.25, 0.3) is 0 Å². The van der Waals surface area contributed by atoms with Gasteiger partial charge in [0.1, 0.15) is 6.61 Å². The van der Waals surface area contributed by atoms with Crippen LogP contribution in [0.1, 0.15) is 59.4 Å². The average molecular weight is 473 g/mol. The molecule has 1 aliphatic carbocycles. The number of carbonyl (C=O) groups is 1. The number of rotatable bonds is 11. The van der Waals surface area contributed by atoms with Crippen molar-refractivity contribution in [1.82, 2.24) is 19.3 Å². The monoisotopic (exact) mass is 472 g/mol. The molecule has 0 aliphatic heterocycles. The summed E-state index contributed by atoms with van der Waals surface area (Å²) in [6, 6.07) is 8.68. The van der Waals surface area contributed by atoms with Gasteiger partial charge < -0.3 is 14.0 Å². The molecule has 1 unspecified atom stereocenters. The van der Waals surface area contributed by atoms with Gasteiger partial charge in [0.25, 0.3) is 0 Å². The van der Waals surface area contributed by atoms with E-state index < -0.39 is 5.82 Å². The summed E-state index contributed by atoms with van der Waals surface area (Å²) in [6.45, 7) is 6.55. The molecule has 1 aromatic carbocycles. The number of halogens is 1. The van der Waals surface area contributed by atoms with Gasteiger partial charge in [-0.25, -0.2) is 4.39 Å². The normalized spacial score (nSPS) is 14.5. The summed E-state index contributed by atoms with van der Waals surface area (Å²) in [6.07, 6.45) is 2.36. The lowest BCUT2D eigenvalue weighted by Gasteiger charge is -2.17. The fourth-order valence-corrected chi connectivity index (χ4v) is 5.07. The lowest BCUT2D eigenvalue weighted by Crippen LogP contribution is -2.17. The first-order valence-corrected chi connectivity index (χ1v) is 12.0. The first-order valence-electron chi connectivity index (χ1n) is 11.0. The summed E-state index contributed by atoms with van der Waals surface area (Å²) in [7, 11) is 1.63. The number of Topliss-reactive ketones (excluding diaryl/α,β-unsaturated/α-hetero) is 1. The number of ketones is 1. The number of ether oxygens (including phenoxy) is 2. The van der Waals surface area contributed by atoms with Gasteiger partial charge in [-0.05, 0) is 51.8 Å². The SMILES string of the molecule is COCC(C)n1c(COc2ccccc2F)nnc1SCC(=O)c1cc(C)n(C2CC2)c1C. The Balaban J connectivity index is 1.49. The van der Waals surface area contributed by atoms with Gasteiger partial charge in [-0.15, -0.1) is 10.2 Å². The van der Waals surface area contributed by atoms with E-state index in [1.807, 2.05) is 24.5 Å². The standard InChI is InChI=1S/C24H29FN4O3S/c1-15-11-19(17(3)28(15)18-9-10-18)21(30)14-33-24-27-26-23(29(24)16(2)12-31-4)13-32-22-8-6-5-7-20(22)25/h5-8,11,16,18H,9-10,12-14H2,1-4H3. The Morgan fingerprint density at radius 1 is 1.27 bits per heavy atom. The van der Waals surface area contributed by atoms with Gasteiger partial charge in [0.15, 0.2) is 28.3 Å². The lowest BCUT2D eigenvalue weighted by molar-refractivity contribution is 0.102. The summed E-state index contributed by atoms with van der Waals surface area (Å²) in [4.78, 5) is 13.0. The Labute approximate surface area is 197 Å². The lowest BCUT2D eigenvalue weighted by atomic mass is 10.2. The predicted octanol–water partition coefficient (Wildman–Crippen LogP) is 4.93. The molecule has 0 bridgehead atoms. The minimum absolute atomic E-state index is 0.0546. The molecule has 3 aromatic rings. The van der Waals surface area contributed by atoms with Crippen molar-refractivity contribution in [1.29, 1.82) is 0 Å². The second-order valence-corrected chi connectivity index (χ2v) is 9.33. The van der Waals surface area contributed by atoms with Gasteiger partial charge in [-0.2, -0.15) is 0 Å². The van der Waals surface area contributed by atoms with Crippen molar-refractivity contribution in [2.75, 3.05) is 19.5 Å². The molecule has 2 aromatic heterocycles. The van der Waals surface area contributed by atoms with Gasteiger partial charge in [0, 0.05) is 30.1 Å². The molecule has 2 heterocycles. The molecule has 0 radical (unpaired) electrons. The Bertz CT molecular complexity index is 1140. The zero-order chi connectivity index (χ0) is 23.5. The zero-order valence-corrected chi connectivity index (χ0v) is 20.2. The van der Waals surface area contributed by atoms with E-state index in [0.717, 1.165) is 17.0 Å². The van der Waals surface area contributed by atoms with Crippen LogP contribution < -0.4 is 4.74 Å². The van der Waals surface area contributed by atoms with Crippen molar-refractivity contribution in [3.8, 4) is 5.75 Å². The maximum Gasteiger partial charge on any atom is 0.192 e. The first-order chi connectivity index (χ1) is 15.9. The molecule has 1 aliphatic rings. The predicted molar refractivity (Wildman–Crippen MR) is 125 cm³/mol. The molecular weight excluding hydrogens is 443 g/mol. The molecule has 0 N–H and O–H groups in total. The molecule has 0 spiro atoms. The third-order valence-electron chi connectivity index (χ3n) is 5.81. The summed E-state index contributed by atoms with van der Waals surface area (Å²) < 4.78 is 29.1. The number of aromatic nitrogens is 4. The Morgan fingerprint density at radius 2 is 2.03 bits per heavy atom. The molecule has 0 amide bonds. The van der Waals surface area contributed by atoms with Crippen molar-refractivity contribution in [3.63, 3.8) is 0 Å². The van der Waals surface area contributed by atoms with Gasteiger partial charge >= 0.3 is 0 Å². The van der Waals surface area contributed by atoms with Crippen LogP contribution in [0.15, 0.2) is 35.5 Å². The highest BCUT2D eigenvalue weighted by Crippen LogP contribution is 2.38. The van der Waals surface area contributed by atoms with Gasteiger partial charge in [-0.1, -0.05) is 23.9 Å². The minimum Gasteiger partial charge on any atom is -0.483 e. The number of carbonyl (C=O) groups excluding carboxylic acids is 1. The molecule has 4 rings (SSSR count). The Morgan fingerprint density at radius 3 is 2.73 bits per heavy atom. The summed E-state index contributed by atoms with van der Waals surface area (Å²) >= 11 is 1.34. The van der Waals surface area contributed by atoms with E-state index in [1.165, 1.54) is 30.7 Å². The highest BCUT2D eigenvalue weighted by Gasteiger charge is 2.28. The fourth-order valence-electron chi connectivity index (χ4n) is 4.13. The van der Waals surface area contributed by atoms with Crippen LogP contribution in [-0.4, -0.2) is 44.6 Å². The number of para-hydroxylation sites is 1. The highest BCUT2D eigenvalue weighted by molar-refractivity contribution is 7.99. The van der Waals surface area contributed by atoms with Crippen LogP contribution in [0.4, 0.5) is 4.39 Å². The number of hydrogen-bond donors (Lipinski definition) is 0. The summed E-state index contributed by atoms with van der Waals surface area (Å²) in [5.74, 6) is 0.586. The third-order valence-corrected chi connectivity index (χ3v) is 6.75. The smallest absolute Gasteiger partial charge is 0.192 e. The second-order valence-electron chi connectivity index (χ2n) is 8.39. The molecule has 1 saturated carbocycles. The van der Waals surface area contributed by atoms with E-state index in [9.17, 15) is 9.18 Å². The van der Waals surface area contributed by atoms with Crippen molar-refractivity contribution in [2.24, 2.45) is 0 Å². The molecule has 7 nitrogen and oxygen atoms in total. The van der Waals surface area contributed by atoms with Crippen LogP contribution in [0.2, 0.25) is 0 Å². The molecule has 9 heteroatoms. The van der Waals surface area contributed by atoms with E-state index in [0.29, 0.717) is 23.6 Å². The van der Waals surface area contributed by atoms with Crippen LogP contribution in [0, 0.1) is 19.7 Å². The van der Waals surface area contributed by atoms with E-state index >= 15 is 0 Å². The highest BCUT2D eigenvalue weighted by atomic mass is 32.2. The number of benzene rings is 1. The van der Waals surface area contributed by atoms with Crippen molar-refractivity contribution >= 4 is 17.5 Å². The van der Waals surface area contributed by atoms with Crippen molar-refractivity contribution < 1.29 is 18.7 Å². The quantitative estimate of drug-likeness (QED) is 0.291. The topological polar surface area (TPSA) is 71.2 Å². The second kappa shape index (κ2) is 10.1. The van der Waals surface area contributed by atoms with Crippen molar-refractivity contribution in [3.05, 3.63) is 58.9 Å². The molecule has 33 heavy (non-hydrogen) atoms. The van der Waals surface area contributed by atoms with E-state index in [2.05, 4.69) is 21.7 Å². The van der Waals surface area contributed by atoms with Gasteiger partial charge in [0.05, 0.1) is 18.4 Å². The molecular formula is C24H29FN4O3S. The van der Waals surface area contributed by atoms with Crippen LogP contribution >= 0.6 is 11.8 Å². The van der Waals surface area contributed by atoms with Gasteiger partial charge in [-0.3, -0.25) is 9.36 Å². The molecule has 0 saturated heterocycles. The van der Waals surface area contributed by atoms with E-state index in [-0.39, 0.29) is 29.9 Å². The summed E-state index contributed by atoms with van der Waals surface area (Å²) in [5, 5.41) is 9.16. The van der Waals surface area contributed by atoms with Gasteiger partial charge in [0.2, 0.25) is 0 Å². The van der Waals surface area contributed by atoms with Crippen LogP contribution in [-0.2, 0) is 11.3 Å². The Kier molecular flexibility index (Phi) is 7.19.